The number of anilines is 1. The Bertz CT molecular complexity index is 1080. The van der Waals surface area contributed by atoms with Crippen molar-refractivity contribution in [3.05, 3.63) is 59.4 Å². The minimum atomic E-state index is -0.773. The maximum absolute atomic E-state index is 13.1. The molecule has 32 heavy (non-hydrogen) atoms. The number of likely N-dealkylation sites (tertiary alicyclic amines) is 1. The molecule has 1 aromatic carbocycles. The summed E-state index contributed by atoms with van der Waals surface area (Å²) < 4.78 is 11.4. The highest BCUT2D eigenvalue weighted by molar-refractivity contribution is 6.46. The van der Waals surface area contributed by atoms with Gasteiger partial charge in [0, 0.05) is 32.0 Å². The number of carbonyl (C=O) groups is 2. The van der Waals surface area contributed by atoms with Crippen LogP contribution in [0.2, 0.25) is 0 Å². The number of carbonyl (C=O) groups excluding carboxylic acids is 2. The first-order valence-corrected chi connectivity index (χ1v) is 10.8. The van der Waals surface area contributed by atoms with Crippen LogP contribution in [0.3, 0.4) is 0 Å². The number of aromatic nitrogens is 1. The molecule has 2 unspecified atom stereocenters. The van der Waals surface area contributed by atoms with E-state index in [1.807, 2.05) is 11.9 Å². The van der Waals surface area contributed by atoms with Crippen molar-refractivity contribution in [2.45, 2.75) is 25.0 Å². The summed E-state index contributed by atoms with van der Waals surface area (Å²) in [6, 6.07) is 9.84. The summed E-state index contributed by atoms with van der Waals surface area (Å²) in [5.41, 5.74) is 1.86. The number of amides is 1. The van der Waals surface area contributed by atoms with Crippen LogP contribution >= 0.6 is 0 Å². The number of hydrogen-bond donors (Lipinski definition) is 1. The maximum atomic E-state index is 13.1. The van der Waals surface area contributed by atoms with Crippen LogP contribution < -0.4 is 9.64 Å². The third-order valence-corrected chi connectivity index (χ3v) is 6.26. The van der Waals surface area contributed by atoms with E-state index in [4.69, 9.17) is 9.47 Å². The minimum Gasteiger partial charge on any atom is -0.507 e. The van der Waals surface area contributed by atoms with Crippen molar-refractivity contribution in [3.8, 4) is 5.75 Å². The number of rotatable bonds is 4. The molecule has 0 aliphatic carbocycles. The van der Waals surface area contributed by atoms with E-state index >= 15 is 0 Å². The average molecular weight is 435 g/mol. The number of aliphatic hydroxyl groups is 1. The standard InChI is InChI=1S/C24H25N3O5/c1-26-10-12-32-19-8-7-15(13-18(19)26)22(28)20-21(17-6-2-3-9-25-17)27(24(30)23(20)29)14-16-5-4-11-31-16/h2-3,6-9,13,16,21,28H,4-5,10-12,14H2,1H3/b22-20-. The van der Waals surface area contributed by atoms with E-state index in [0.717, 1.165) is 30.8 Å². The molecule has 8 heteroatoms. The summed E-state index contributed by atoms with van der Waals surface area (Å²) in [4.78, 5) is 34.1. The van der Waals surface area contributed by atoms with Gasteiger partial charge in [-0.1, -0.05) is 6.07 Å². The molecule has 2 saturated heterocycles. The van der Waals surface area contributed by atoms with E-state index < -0.39 is 17.7 Å². The van der Waals surface area contributed by atoms with Gasteiger partial charge in [0.05, 0.1) is 29.6 Å². The van der Waals surface area contributed by atoms with Crippen molar-refractivity contribution < 1.29 is 24.2 Å². The number of nitrogens with zero attached hydrogens (tertiary/aromatic N) is 3. The van der Waals surface area contributed by atoms with Gasteiger partial charge in [-0.3, -0.25) is 14.6 Å². The van der Waals surface area contributed by atoms with Gasteiger partial charge < -0.3 is 24.4 Å². The number of ether oxygens (including phenoxy) is 2. The number of benzene rings is 1. The van der Waals surface area contributed by atoms with Crippen molar-refractivity contribution in [1.82, 2.24) is 9.88 Å². The second-order valence-electron chi connectivity index (χ2n) is 8.29. The molecule has 1 aromatic heterocycles. The van der Waals surface area contributed by atoms with Gasteiger partial charge in [0.2, 0.25) is 0 Å². The smallest absolute Gasteiger partial charge is 0.295 e. The van der Waals surface area contributed by atoms with Crippen LogP contribution in [-0.2, 0) is 14.3 Å². The Hall–Kier alpha value is -3.39. The zero-order valence-corrected chi connectivity index (χ0v) is 17.9. The molecule has 2 aromatic rings. The van der Waals surface area contributed by atoms with Crippen LogP contribution in [0, 0.1) is 0 Å². The molecule has 8 nitrogen and oxygen atoms in total. The number of aliphatic hydroxyl groups excluding tert-OH is 1. The van der Waals surface area contributed by atoms with E-state index in [2.05, 4.69) is 4.98 Å². The molecule has 3 aliphatic rings. The lowest BCUT2D eigenvalue weighted by molar-refractivity contribution is -0.140. The van der Waals surface area contributed by atoms with Crippen molar-refractivity contribution in [1.29, 1.82) is 0 Å². The summed E-state index contributed by atoms with van der Waals surface area (Å²) in [5.74, 6) is -0.847. The molecule has 5 rings (SSSR count). The Labute approximate surface area is 186 Å². The van der Waals surface area contributed by atoms with Crippen molar-refractivity contribution >= 4 is 23.1 Å². The second kappa shape index (κ2) is 8.27. The molecule has 0 radical (unpaired) electrons. The SMILES string of the molecule is CN1CCOc2ccc(/C(O)=C3/C(=O)C(=O)N(CC4CCCO4)C3c3ccccn3)cc21. The fourth-order valence-corrected chi connectivity index (χ4v) is 4.57. The highest BCUT2D eigenvalue weighted by atomic mass is 16.5. The lowest BCUT2D eigenvalue weighted by Gasteiger charge is -2.28. The predicted molar refractivity (Wildman–Crippen MR) is 117 cm³/mol. The van der Waals surface area contributed by atoms with Crippen molar-refractivity contribution in [2.24, 2.45) is 0 Å². The van der Waals surface area contributed by atoms with Crippen molar-refractivity contribution in [3.63, 3.8) is 0 Å². The van der Waals surface area contributed by atoms with E-state index in [9.17, 15) is 14.7 Å². The molecule has 166 valence electrons. The topological polar surface area (TPSA) is 92.2 Å². The number of hydrogen-bond acceptors (Lipinski definition) is 7. The maximum Gasteiger partial charge on any atom is 0.295 e. The molecule has 2 atom stereocenters. The molecule has 4 heterocycles. The Balaban J connectivity index is 1.60. The van der Waals surface area contributed by atoms with Crippen molar-refractivity contribution in [2.75, 3.05) is 38.3 Å². The summed E-state index contributed by atoms with van der Waals surface area (Å²) >= 11 is 0. The molecular formula is C24H25N3O5. The Kier molecular flexibility index (Phi) is 5.30. The fourth-order valence-electron chi connectivity index (χ4n) is 4.57. The predicted octanol–water partition coefficient (Wildman–Crippen LogP) is 2.51. The van der Waals surface area contributed by atoms with Gasteiger partial charge in [0.25, 0.3) is 11.7 Å². The first-order valence-electron chi connectivity index (χ1n) is 10.8. The van der Waals surface area contributed by atoms with Gasteiger partial charge in [-0.25, -0.2) is 0 Å². The molecule has 0 spiro atoms. The molecule has 0 saturated carbocycles. The van der Waals surface area contributed by atoms with Gasteiger partial charge in [0.1, 0.15) is 24.2 Å². The van der Waals surface area contributed by atoms with Crippen LogP contribution in [0.15, 0.2) is 48.2 Å². The highest BCUT2D eigenvalue weighted by Crippen LogP contribution is 2.41. The largest absolute Gasteiger partial charge is 0.507 e. The molecule has 1 amide bonds. The van der Waals surface area contributed by atoms with Crippen LogP contribution in [0.5, 0.6) is 5.75 Å². The lowest BCUT2D eigenvalue weighted by atomic mass is 9.97. The molecule has 2 fully saturated rings. The van der Waals surface area contributed by atoms with Crippen LogP contribution in [0.25, 0.3) is 5.76 Å². The first kappa shape index (κ1) is 20.5. The fraction of sp³-hybridized carbons (Fsp3) is 0.375. The zero-order valence-electron chi connectivity index (χ0n) is 17.9. The lowest BCUT2D eigenvalue weighted by Crippen LogP contribution is -2.36. The van der Waals surface area contributed by atoms with Crippen LogP contribution in [-0.4, -0.2) is 66.1 Å². The Morgan fingerprint density at radius 1 is 1.22 bits per heavy atom. The van der Waals surface area contributed by atoms with E-state index in [-0.39, 0.29) is 24.0 Å². The second-order valence-corrected chi connectivity index (χ2v) is 8.29. The normalized spacial score (nSPS) is 24.5. The average Bonchev–Trinajstić information content (AvgIpc) is 3.42. The summed E-state index contributed by atoms with van der Waals surface area (Å²) in [7, 11) is 1.94. The molecule has 3 aliphatic heterocycles. The summed E-state index contributed by atoms with van der Waals surface area (Å²) in [6.45, 7) is 2.23. The first-order chi connectivity index (χ1) is 15.5. The molecular weight excluding hydrogens is 410 g/mol. The Morgan fingerprint density at radius 3 is 2.84 bits per heavy atom. The van der Waals surface area contributed by atoms with Gasteiger partial charge in [-0.15, -0.1) is 0 Å². The summed E-state index contributed by atoms with van der Waals surface area (Å²) in [6.07, 6.45) is 3.24. The third-order valence-electron chi connectivity index (χ3n) is 6.26. The van der Waals surface area contributed by atoms with Crippen LogP contribution in [0.1, 0.15) is 30.1 Å². The number of likely N-dealkylation sites (N-methyl/N-ethyl adjacent to an activating group) is 1. The van der Waals surface area contributed by atoms with Gasteiger partial charge in [-0.05, 0) is 43.2 Å². The van der Waals surface area contributed by atoms with Crippen LogP contribution in [0.4, 0.5) is 5.69 Å². The quantitative estimate of drug-likeness (QED) is 0.448. The van der Waals surface area contributed by atoms with Gasteiger partial charge in [0.15, 0.2) is 0 Å². The third kappa shape index (κ3) is 3.50. The molecule has 1 N–H and O–H groups in total. The van der Waals surface area contributed by atoms with Gasteiger partial charge in [-0.2, -0.15) is 0 Å². The zero-order chi connectivity index (χ0) is 22.2. The monoisotopic (exact) mass is 435 g/mol. The highest BCUT2D eigenvalue weighted by Gasteiger charge is 2.47. The molecule has 0 bridgehead atoms. The Morgan fingerprint density at radius 2 is 2.09 bits per heavy atom. The van der Waals surface area contributed by atoms with E-state index in [1.165, 1.54) is 4.90 Å². The van der Waals surface area contributed by atoms with E-state index in [0.29, 0.717) is 24.5 Å². The number of ketones is 1. The number of fused-ring (bicyclic) bond motifs is 1. The van der Waals surface area contributed by atoms with Gasteiger partial charge >= 0.3 is 0 Å². The summed E-state index contributed by atoms with van der Waals surface area (Å²) in [5, 5.41) is 11.3. The minimum absolute atomic E-state index is 0.0472. The number of Topliss-reactive ketones (excluding diaryl/α,β-unsaturated/α-hetero) is 1. The van der Waals surface area contributed by atoms with E-state index in [1.54, 1.807) is 42.6 Å². The number of pyridine rings is 1.